The maximum Gasteiger partial charge on any atom is 0.227 e. The minimum Gasteiger partial charge on any atom is -0.497 e. The molecular formula is C14H20N2O3. The topological polar surface area (TPSA) is 64.8 Å². The summed E-state index contributed by atoms with van der Waals surface area (Å²) >= 11 is 0. The number of methoxy groups -OCH3 is 2. The molecule has 1 amide bonds. The van der Waals surface area contributed by atoms with Crippen LogP contribution >= 0.6 is 0 Å². The zero-order valence-corrected chi connectivity index (χ0v) is 11.6. The van der Waals surface area contributed by atoms with E-state index in [0.717, 1.165) is 5.69 Å². The van der Waals surface area contributed by atoms with E-state index >= 15 is 0 Å². The molecule has 0 radical (unpaired) electrons. The van der Waals surface area contributed by atoms with E-state index < -0.39 is 0 Å². The minimum atomic E-state index is 0.0681. The lowest BCUT2D eigenvalue weighted by Gasteiger charge is -2.26. The van der Waals surface area contributed by atoms with Crippen molar-refractivity contribution in [2.75, 3.05) is 25.7 Å². The van der Waals surface area contributed by atoms with Gasteiger partial charge in [0.2, 0.25) is 5.91 Å². The molecule has 1 aromatic carbocycles. The molecule has 0 spiro atoms. The van der Waals surface area contributed by atoms with Crippen molar-refractivity contribution in [3.05, 3.63) is 18.2 Å². The number of carbonyl (C=O) groups is 1. The maximum atomic E-state index is 12.2. The average molecular weight is 264 g/mol. The van der Waals surface area contributed by atoms with Gasteiger partial charge in [0, 0.05) is 24.4 Å². The molecule has 2 atom stereocenters. The van der Waals surface area contributed by atoms with Gasteiger partial charge in [0.05, 0.1) is 19.9 Å². The summed E-state index contributed by atoms with van der Waals surface area (Å²) in [5.74, 6) is 1.63. The van der Waals surface area contributed by atoms with Crippen molar-refractivity contribution in [3.63, 3.8) is 0 Å². The van der Waals surface area contributed by atoms with Crippen LogP contribution in [0.2, 0.25) is 0 Å². The number of nitrogens with zero attached hydrogens (tertiary/aromatic N) is 1. The lowest BCUT2D eigenvalue weighted by Crippen LogP contribution is -2.35. The standard InChI is InChI=1S/C14H20N2O3/c1-9-10(8-15)6-14(17)16(9)12-7-11(18-2)4-5-13(12)19-3/h4-5,7,9-10H,6,8,15H2,1-3H3. The molecule has 2 rings (SSSR count). The van der Waals surface area contributed by atoms with Crippen LogP contribution in [0.25, 0.3) is 0 Å². The van der Waals surface area contributed by atoms with Gasteiger partial charge in [-0.15, -0.1) is 0 Å². The molecule has 19 heavy (non-hydrogen) atoms. The van der Waals surface area contributed by atoms with E-state index in [1.54, 1.807) is 19.1 Å². The molecule has 5 heteroatoms. The largest absolute Gasteiger partial charge is 0.497 e. The number of carbonyl (C=O) groups excluding carboxylic acids is 1. The highest BCUT2D eigenvalue weighted by Crippen LogP contribution is 2.38. The third-order valence-corrected chi connectivity index (χ3v) is 3.74. The van der Waals surface area contributed by atoms with Crippen LogP contribution in [0.15, 0.2) is 18.2 Å². The summed E-state index contributed by atoms with van der Waals surface area (Å²) in [6.07, 6.45) is 0.484. The number of anilines is 1. The Balaban J connectivity index is 2.42. The third kappa shape index (κ3) is 2.38. The van der Waals surface area contributed by atoms with Crippen LogP contribution in [-0.2, 0) is 4.79 Å². The van der Waals surface area contributed by atoms with Crippen molar-refractivity contribution in [3.8, 4) is 11.5 Å². The van der Waals surface area contributed by atoms with Gasteiger partial charge in [0.15, 0.2) is 0 Å². The molecule has 104 valence electrons. The van der Waals surface area contributed by atoms with Crippen LogP contribution in [0.1, 0.15) is 13.3 Å². The molecule has 0 bridgehead atoms. The van der Waals surface area contributed by atoms with Crippen LogP contribution in [0.5, 0.6) is 11.5 Å². The number of amides is 1. The highest BCUT2D eigenvalue weighted by Gasteiger charge is 2.38. The van der Waals surface area contributed by atoms with Gasteiger partial charge in [-0.25, -0.2) is 0 Å². The molecule has 0 aliphatic carbocycles. The summed E-state index contributed by atoms with van der Waals surface area (Å²) in [6.45, 7) is 2.52. The van der Waals surface area contributed by atoms with E-state index in [9.17, 15) is 4.79 Å². The number of hydrogen-bond acceptors (Lipinski definition) is 4. The average Bonchev–Trinajstić information content (AvgIpc) is 2.72. The second-order valence-electron chi connectivity index (χ2n) is 4.74. The summed E-state index contributed by atoms with van der Waals surface area (Å²) in [7, 11) is 3.19. The Morgan fingerprint density at radius 1 is 1.37 bits per heavy atom. The predicted octanol–water partition coefficient (Wildman–Crippen LogP) is 1.40. The van der Waals surface area contributed by atoms with Crippen molar-refractivity contribution < 1.29 is 14.3 Å². The van der Waals surface area contributed by atoms with Gasteiger partial charge in [0.1, 0.15) is 11.5 Å². The number of ether oxygens (including phenoxy) is 2. The fraction of sp³-hybridized carbons (Fsp3) is 0.500. The maximum absolute atomic E-state index is 12.2. The molecular weight excluding hydrogens is 244 g/mol. The smallest absolute Gasteiger partial charge is 0.227 e. The van der Waals surface area contributed by atoms with Gasteiger partial charge in [-0.05, 0) is 25.6 Å². The van der Waals surface area contributed by atoms with Gasteiger partial charge >= 0.3 is 0 Å². The molecule has 1 saturated heterocycles. The van der Waals surface area contributed by atoms with Gasteiger partial charge < -0.3 is 20.1 Å². The predicted molar refractivity (Wildman–Crippen MR) is 73.7 cm³/mol. The van der Waals surface area contributed by atoms with Crippen LogP contribution in [0.3, 0.4) is 0 Å². The van der Waals surface area contributed by atoms with Crippen molar-refractivity contribution in [1.82, 2.24) is 0 Å². The van der Waals surface area contributed by atoms with E-state index in [2.05, 4.69) is 0 Å². The molecule has 1 fully saturated rings. The molecule has 1 aromatic rings. The van der Waals surface area contributed by atoms with E-state index in [0.29, 0.717) is 24.5 Å². The number of hydrogen-bond donors (Lipinski definition) is 1. The summed E-state index contributed by atoms with van der Waals surface area (Å²) < 4.78 is 10.6. The van der Waals surface area contributed by atoms with Gasteiger partial charge in [-0.1, -0.05) is 0 Å². The molecule has 2 N–H and O–H groups in total. The van der Waals surface area contributed by atoms with Crippen molar-refractivity contribution >= 4 is 11.6 Å². The Kier molecular flexibility index (Phi) is 3.95. The lowest BCUT2D eigenvalue weighted by atomic mass is 10.0. The molecule has 1 aliphatic rings. The van der Waals surface area contributed by atoms with Crippen molar-refractivity contribution in [2.24, 2.45) is 11.7 Å². The highest BCUT2D eigenvalue weighted by molar-refractivity contribution is 5.98. The van der Waals surface area contributed by atoms with Crippen LogP contribution in [0, 0.1) is 5.92 Å². The van der Waals surface area contributed by atoms with E-state index in [-0.39, 0.29) is 17.9 Å². The molecule has 5 nitrogen and oxygen atoms in total. The second-order valence-corrected chi connectivity index (χ2v) is 4.74. The quantitative estimate of drug-likeness (QED) is 0.893. The van der Waals surface area contributed by atoms with E-state index in [4.69, 9.17) is 15.2 Å². The van der Waals surface area contributed by atoms with Gasteiger partial charge in [-0.3, -0.25) is 4.79 Å². The fourth-order valence-electron chi connectivity index (χ4n) is 2.55. The first-order valence-electron chi connectivity index (χ1n) is 6.36. The normalized spacial score (nSPS) is 22.7. The first-order valence-corrected chi connectivity index (χ1v) is 6.36. The minimum absolute atomic E-state index is 0.0681. The Hall–Kier alpha value is -1.75. The van der Waals surface area contributed by atoms with Crippen LogP contribution in [-0.4, -0.2) is 32.7 Å². The summed E-state index contributed by atoms with van der Waals surface area (Å²) in [5.41, 5.74) is 6.46. The molecule has 1 aliphatic heterocycles. The van der Waals surface area contributed by atoms with Gasteiger partial charge in [0.25, 0.3) is 0 Å². The van der Waals surface area contributed by atoms with Crippen LogP contribution < -0.4 is 20.1 Å². The van der Waals surface area contributed by atoms with Crippen LogP contribution in [0.4, 0.5) is 5.69 Å². The monoisotopic (exact) mass is 264 g/mol. The molecule has 1 heterocycles. The van der Waals surface area contributed by atoms with Crippen molar-refractivity contribution in [2.45, 2.75) is 19.4 Å². The van der Waals surface area contributed by atoms with E-state index in [1.807, 2.05) is 25.1 Å². The fourth-order valence-corrected chi connectivity index (χ4v) is 2.55. The molecule has 0 saturated carbocycles. The Labute approximate surface area is 113 Å². The SMILES string of the molecule is COc1ccc(OC)c(N2C(=O)CC(CN)C2C)c1. The summed E-state index contributed by atoms with van der Waals surface area (Å²) in [4.78, 5) is 14.0. The Bertz CT molecular complexity index is 476. The third-order valence-electron chi connectivity index (χ3n) is 3.74. The van der Waals surface area contributed by atoms with Gasteiger partial charge in [-0.2, -0.15) is 0 Å². The first-order chi connectivity index (χ1) is 9.12. The molecule has 2 unspecified atom stereocenters. The first kappa shape index (κ1) is 13.7. The lowest BCUT2D eigenvalue weighted by molar-refractivity contribution is -0.117. The van der Waals surface area contributed by atoms with E-state index in [1.165, 1.54) is 0 Å². The number of benzene rings is 1. The number of nitrogens with two attached hydrogens (primary N) is 1. The molecule has 0 aromatic heterocycles. The zero-order valence-electron chi connectivity index (χ0n) is 11.6. The van der Waals surface area contributed by atoms with Crippen molar-refractivity contribution in [1.29, 1.82) is 0 Å². The summed E-state index contributed by atoms with van der Waals surface area (Å²) in [5, 5.41) is 0. The zero-order chi connectivity index (χ0) is 14.0. The number of rotatable bonds is 4. The highest BCUT2D eigenvalue weighted by atomic mass is 16.5. The Morgan fingerprint density at radius 3 is 2.63 bits per heavy atom. The Morgan fingerprint density at radius 2 is 2.11 bits per heavy atom. The summed E-state index contributed by atoms with van der Waals surface area (Å²) in [6, 6.07) is 5.52. The second kappa shape index (κ2) is 5.48.